The molecule has 0 spiro atoms. The van der Waals surface area contributed by atoms with Crippen LogP contribution < -0.4 is 0 Å². The topological polar surface area (TPSA) is 67.6 Å². The van der Waals surface area contributed by atoms with E-state index in [1.807, 2.05) is 19.9 Å². The van der Waals surface area contributed by atoms with Gasteiger partial charge in [0, 0.05) is 23.7 Å². The number of fused-ring (bicyclic) bond motifs is 1. The lowest BCUT2D eigenvalue weighted by atomic mass is 10.0. The number of nitrogens with one attached hydrogen (secondary N) is 1. The third-order valence-corrected chi connectivity index (χ3v) is 3.78. The van der Waals surface area contributed by atoms with Crippen LogP contribution in [0.4, 0.5) is 0 Å². The predicted octanol–water partition coefficient (Wildman–Crippen LogP) is 3.90. The maximum absolute atomic E-state index is 5.23. The van der Waals surface area contributed by atoms with Crippen LogP contribution in [0.15, 0.2) is 47.2 Å². The lowest BCUT2D eigenvalue weighted by molar-refractivity contribution is 0.393. The van der Waals surface area contributed by atoms with E-state index in [1.165, 1.54) is 0 Å². The Morgan fingerprint density at radius 3 is 2.36 bits per heavy atom. The Morgan fingerprint density at radius 1 is 0.955 bits per heavy atom. The molecule has 0 atom stereocenters. The van der Waals surface area contributed by atoms with Gasteiger partial charge < -0.3 is 9.51 Å². The summed E-state index contributed by atoms with van der Waals surface area (Å²) in [6, 6.07) is 10.3. The molecule has 0 saturated carbocycles. The molecule has 1 aromatic carbocycles. The smallest absolute Gasteiger partial charge is 0.156 e. The number of rotatable bonds is 2. The number of aromatic amines is 1. The first-order valence-corrected chi connectivity index (χ1v) is 7.06. The fourth-order valence-electron chi connectivity index (χ4n) is 2.72. The molecule has 0 aliphatic rings. The van der Waals surface area contributed by atoms with Gasteiger partial charge in [-0.25, -0.2) is 4.98 Å². The molecule has 0 unspecified atom stereocenters. The lowest BCUT2D eigenvalue weighted by Crippen LogP contribution is -1.83. The second kappa shape index (κ2) is 4.80. The van der Waals surface area contributed by atoms with E-state index in [1.54, 1.807) is 12.4 Å². The molecule has 4 rings (SSSR count). The van der Waals surface area contributed by atoms with Crippen molar-refractivity contribution in [2.24, 2.45) is 0 Å². The molecular weight excluding hydrogens is 276 g/mol. The van der Waals surface area contributed by atoms with E-state index < -0.39 is 0 Å². The van der Waals surface area contributed by atoms with Crippen LogP contribution in [0.25, 0.3) is 33.5 Å². The molecule has 0 radical (unpaired) electrons. The molecule has 5 nitrogen and oxygen atoms in total. The molecule has 0 saturated heterocycles. The third-order valence-electron chi connectivity index (χ3n) is 3.78. The summed E-state index contributed by atoms with van der Waals surface area (Å²) in [7, 11) is 0. The fraction of sp³-hybridized carbons (Fsp3) is 0.118. The molecule has 0 aliphatic carbocycles. The molecule has 108 valence electrons. The van der Waals surface area contributed by atoms with E-state index >= 15 is 0 Å². The molecule has 0 aliphatic heterocycles. The minimum atomic E-state index is 0.798. The molecule has 0 fully saturated rings. The average Bonchev–Trinajstić information content (AvgIpc) is 3.11. The summed E-state index contributed by atoms with van der Waals surface area (Å²) in [5, 5.41) is 4.00. The summed E-state index contributed by atoms with van der Waals surface area (Å²) >= 11 is 0. The quantitative estimate of drug-likeness (QED) is 0.608. The second-order valence-electron chi connectivity index (χ2n) is 5.25. The number of nitrogens with zero attached hydrogens (tertiary/aromatic N) is 3. The minimum absolute atomic E-state index is 0.798. The maximum Gasteiger partial charge on any atom is 0.156 e. The van der Waals surface area contributed by atoms with Crippen LogP contribution in [-0.2, 0) is 0 Å². The highest BCUT2D eigenvalue weighted by Crippen LogP contribution is 2.29. The fourth-order valence-corrected chi connectivity index (χ4v) is 2.72. The summed E-state index contributed by atoms with van der Waals surface area (Å²) < 4.78 is 5.23. The zero-order valence-corrected chi connectivity index (χ0v) is 12.3. The summed E-state index contributed by atoms with van der Waals surface area (Å²) in [4.78, 5) is 11.8. The van der Waals surface area contributed by atoms with Crippen LogP contribution in [0.2, 0.25) is 0 Å². The molecule has 1 N–H and O–H groups in total. The molecule has 3 heterocycles. The number of benzene rings is 1. The van der Waals surface area contributed by atoms with Crippen LogP contribution in [-0.4, -0.2) is 20.1 Å². The second-order valence-corrected chi connectivity index (χ2v) is 5.25. The van der Waals surface area contributed by atoms with Gasteiger partial charge in [0.05, 0.1) is 5.69 Å². The third kappa shape index (κ3) is 1.98. The number of hydrogen-bond donors (Lipinski definition) is 1. The van der Waals surface area contributed by atoms with Gasteiger partial charge in [-0.15, -0.1) is 0 Å². The molecule has 5 heteroatoms. The van der Waals surface area contributed by atoms with Crippen LogP contribution >= 0.6 is 0 Å². The van der Waals surface area contributed by atoms with Gasteiger partial charge in [-0.2, -0.15) is 0 Å². The highest BCUT2D eigenvalue weighted by molar-refractivity contribution is 5.80. The van der Waals surface area contributed by atoms with Crippen LogP contribution in [0.5, 0.6) is 0 Å². The van der Waals surface area contributed by atoms with Crippen molar-refractivity contribution in [1.29, 1.82) is 0 Å². The Bertz CT molecular complexity index is 898. The van der Waals surface area contributed by atoms with Gasteiger partial charge >= 0.3 is 0 Å². The van der Waals surface area contributed by atoms with Crippen LogP contribution in [0.1, 0.15) is 11.5 Å². The zero-order valence-electron chi connectivity index (χ0n) is 12.3. The Hall–Kier alpha value is -2.95. The van der Waals surface area contributed by atoms with Crippen molar-refractivity contribution in [1.82, 2.24) is 20.1 Å². The first-order chi connectivity index (χ1) is 10.7. The number of aromatic nitrogens is 4. The predicted molar refractivity (Wildman–Crippen MR) is 84.3 cm³/mol. The summed E-state index contributed by atoms with van der Waals surface area (Å²) in [5.41, 5.74) is 6.84. The standard InChI is InChI=1S/C17H14N4O/c1-10-16(11(2)22-21-10)13-5-3-12(4-6-13)14-9-15-17(20-14)19-8-7-18-15/h3-9H,1-2H3,(H,19,20). The van der Waals surface area contributed by atoms with Gasteiger partial charge in [-0.05, 0) is 31.0 Å². The van der Waals surface area contributed by atoms with Crippen molar-refractivity contribution < 1.29 is 4.52 Å². The molecule has 3 aromatic heterocycles. The number of H-pyrrole nitrogens is 1. The molecule has 22 heavy (non-hydrogen) atoms. The average molecular weight is 290 g/mol. The Labute approximate surface area is 127 Å². The van der Waals surface area contributed by atoms with Gasteiger partial charge in [0.15, 0.2) is 5.65 Å². The van der Waals surface area contributed by atoms with Gasteiger partial charge in [-0.3, -0.25) is 4.98 Å². The van der Waals surface area contributed by atoms with E-state index in [0.717, 1.165) is 45.0 Å². The molecular formula is C17H14N4O. The normalized spacial score (nSPS) is 11.2. The Balaban J connectivity index is 1.75. The first-order valence-electron chi connectivity index (χ1n) is 7.06. The number of aryl methyl sites for hydroxylation is 2. The largest absolute Gasteiger partial charge is 0.361 e. The lowest BCUT2D eigenvalue weighted by Gasteiger charge is -2.02. The Morgan fingerprint density at radius 2 is 1.68 bits per heavy atom. The van der Waals surface area contributed by atoms with Crippen molar-refractivity contribution in [2.45, 2.75) is 13.8 Å². The van der Waals surface area contributed by atoms with Gasteiger partial charge in [-0.1, -0.05) is 29.4 Å². The highest BCUT2D eigenvalue weighted by atomic mass is 16.5. The zero-order chi connectivity index (χ0) is 15.1. The Kier molecular flexibility index (Phi) is 2.79. The van der Waals surface area contributed by atoms with E-state index in [9.17, 15) is 0 Å². The molecule has 0 amide bonds. The van der Waals surface area contributed by atoms with Crippen LogP contribution in [0.3, 0.4) is 0 Å². The number of hydrogen-bond acceptors (Lipinski definition) is 4. The molecule has 4 aromatic rings. The van der Waals surface area contributed by atoms with Gasteiger partial charge in [0.1, 0.15) is 11.3 Å². The SMILES string of the molecule is Cc1noc(C)c1-c1ccc(-c2cc3nccnc3[nH]2)cc1. The van der Waals surface area contributed by atoms with Crippen molar-refractivity contribution in [2.75, 3.05) is 0 Å². The van der Waals surface area contributed by atoms with E-state index in [0.29, 0.717) is 0 Å². The maximum atomic E-state index is 5.23. The highest BCUT2D eigenvalue weighted by Gasteiger charge is 2.12. The summed E-state index contributed by atoms with van der Waals surface area (Å²) in [6.07, 6.45) is 3.38. The van der Waals surface area contributed by atoms with Crippen molar-refractivity contribution in [3.05, 3.63) is 54.2 Å². The summed E-state index contributed by atoms with van der Waals surface area (Å²) in [6.45, 7) is 3.88. The van der Waals surface area contributed by atoms with Crippen molar-refractivity contribution in [3.63, 3.8) is 0 Å². The van der Waals surface area contributed by atoms with E-state index in [4.69, 9.17) is 4.52 Å². The van der Waals surface area contributed by atoms with Gasteiger partial charge in [0.25, 0.3) is 0 Å². The first kappa shape index (κ1) is 12.8. The minimum Gasteiger partial charge on any atom is -0.361 e. The van der Waals surface area contributed by atoms with Crippen LogP contribution in [0, 0.1) is 13.8 Å². The van der Waals surface area contributed by atoms with Crippen molar-refractivity contribution >= 4 is 11.2 Å². The summed E-state index contributed by atoms with van der Waals surface area (Å²) in [5.74, 6) is 0.837. The van der Waals surface area contributed by atoms with E-state index in [2.05, 4.69) is 44.4 Å². The monoisotopic (exact) mass is 290 g/mol. The van der Waals surface area contributed by atoms with Crippen molar-refractivity contribution in [3.8, 4) is 22.4 Å². The molecule has 0 bridgehead atoms. The van der Waals surface area contributed by atoms with Gasteiger partial charge in [0.2, 0.25) is 0 Å². The van der Waals surface area contributed by atoms with E-state index in [-0.39, 0.29) is 0 Å².